The van der Waals surface area contributed by atoms with Crippen LogP contribution in [0.15, 0.2) is 30.3 Å². The summed E-state index contributed by atoms with van der Waals surface area (Å²) in [7, 11) is 1.79. The summed E-state index contributed by atoms with van der Waals surface area (Å²) >= 11 is 6.22. The number of carbonyl (C=O) groups excluding carboxylic acids is 1. The smallest absolute Gasteiger partial charge is 0.247 e. The fourth-order valence-corrected chi connectivity index (χ4v) is 3.49. The standard InChI is InChI=1S/C19H22ClN3O/c1-13-6-8-15(9-7-13)17-5-4-12-23(17)18(24)11-10-16-14(2)21-22(3)19(16)20/h6-11,17H,4-5,12H2,1-3H3/b11-10+. The van der Waals surface area contributed by atoms with Gasteiger partial charge in [0.05, 0.1) is 11.7 Å². The van der Waals surface area contributed by atoms with Gasteiger partial charge in [0.1, 0.15) is 5.15 Å². The zero-order valence-electron chi connectivity index (χ0n) is 14.3. The van der Waals surface area contributed by atoms with Crippen LogP contribution in [0.25, 0.3) is 6.08 Å². The molecule has 0 aliphatic carbocycles. The molecule has 1 saturated heterocycles. The van der Waals surface area contributed by atoms with Gasteiger partial charge in [-0.1, -0.05) is 41.4 Å². The van der Waals surface area contributed by atoms with Crippen LogP contribution in [0, 0.1) is 13.8 Å². The second-order valence-electron chi connectivity index (χ2n) is 6.35. The number of carbonyl (C=O) groups is 1. The van der Waals surface area contributed by atoms with Crippen molar-refractivity contribution in [2.45, 2.75) is 32.7 Å². The van der Waals surface area contributed by atoms with Crippen LogP contribution in [0.2, 0.25) is 5.15 Å². The maximum absolute atomic E-state index is 12.7. The van der Waals surface area contributed by atoms with E-state index in [-0.39, 0.29) is 11.9 Å². The number of likely N-dealkylation sites (tertiary alicyclic amines) is 1. The first kappa shape index (κ1) is 16.8. The van der Waals surface area contributed by atoms with E-state index < -0.39 is 0 Å². The van der Waals surface area contributed by atoms with Crippen LogP contribution in [0.1, 0.15) is 41.3 Å². The molecule has 1 aliphatic heterocycles. The molecular weight excluding hydrogens is 322 g/mol. The largest absolute Gasteiger partial charge is 0.332 e. The number of aromatic nitrogens is 2. The van der Waals surface area contributed by atoms with E-state index in [1.807, 2.05) is 11.8 Å². The van der Waals surface area contributed by atoms with E-state index in [9.17, 15) is 4.79 Å². The highest BCUT2D eigenvalue weighted by Gasteiger charge is 2.28. The van der Waals surface area contributed by atoms with Crippen molar-refractivity contribution in [2.75, 3.05) is 6.54 Å². The van der Waals surface area contributed by atoms with Gasteiger partial charge >= 0.3 is 0 Å². The SMILES string of the molecule is Cc1ccc(C2CCCN2C(=O)/C=C/c2c(C)nn(C)c2Cl)cc1. The van der Waals surface area contributed by atoms with Crippen molar-refractivity contribution in [1.29, 1.82) is 0 Å². The summed E-state index contributed by atoms with van der Waals surface area (Å²) in [5, 5.41) is 4.81. The van der Waals surface area contributed by atoms with E-state index in [0.29, 0.717) is 5.15 Å². The summed E-state index contributed by atoms with van der Waals surface area (Å²) in [6, 6.07) is 8.61. The molecule has 2 aromatic rings. The van der Waals surface area contributed by atoms with Crippen molar-refractivity contribution in [2.24, 2.45) is 7.05 Å². The van der Waals surface area contributed by atoms with Crippen LogP contribution in [-0.2, 0) is 11.8 Å². The molecule has 0 N–H and O–H groups in total. The quantitative estimate of drug-likeness (QED) is 0.788. The summed E-state index contributed by atoms with van der Waals surface area (Å²) in [6.07, 6.45) is 5.43. The first-order chi connectivity index (χ1) is 11.5. The summed E-state index contributed by atoms with van der Waals surface area (Å²) in [5.41, 5.74) is 4.06. The lowest BCUT2D eigenvalue weighted by atomic mass is 10.0. The molecule has 2 heterocycles. The number of hydrogen-bond acceptors (Lipinski definition) is 2. The lowest BCUT2D eigenvalue weighted by Crippen LogP contribution is -2.28. The summed E-state index contributed by atoms with van der Waals surface area (Å²) in [4.78, 5) is 14.6. The minimum Gasteiger partial charge on any atom is -0.332 e. The fourth-order valence-electron chi connectivity index (χ4n) is 3.25. The molecule has 1 amide bonds. The summed E-state index contributed by atoms with van der Waals surface area (Å²) < 4.78 is 1.62. The zero-order valence-corrected chi connectivity index (χ0v) is 15.0. The summed E-state index contributed by atoms with van der Waals surface area (Å²) in [6.45, 7) is 4.76. The number of halogens is 1. The van der Waals surface area contributed by atoms with Crippen LogP contribution in [0.5, 0.6) is 0 Å². The maximum Gasteiger partial charge on any atom is 0.247 e. The summed E-state index contributed by atoms with van der Waals surface area (Å²) in [5.74, 6) is 0.0254. The molecule has 1 aromatic carbocycles. The van der Waals surface area contributed by atoms with Gasteiger partial charge < -0.3 is 4.90 Å². The molecular formula is C19H22ClN3O. The van der Waals surface area contributed by atoms with E-state index in [1.165, 1.54) is 11.1 Å². The second-order valence-corrected chi connectivity index (χ2v) is 6.71. The molecule has 1 unspecified atom stereocenters. The third-order valence-electron chi connectivity index (χ3n) is 4.59. The van der Waals surface area contributed by atoms with Crippen LogP contribution < -0.4 is 0 Å². The highest BCUT2D eigenvalue weighted by Crippen LogP contribution is 2.32. The van der Waals surface area contributed by atoms with Crippen molar-refractivity contribution in [1.82, 2.24) is 14.7 Å². The van der Waals surface area contributed by atoms with E-state index >= 15 is 0 Å². The highest BCUT2D eigenvalue weighted by atomic mass is 35.5. The van der Waals surface area contributed by atoms with Crippen LogP contribution >= 0.6 is 11.6 Å². The number of hydrogen-bond donors (Lipinski definition) is 0. The first-order valence-electron chi connectivity index (χ1n) is 8.21. The Hall–Kier alpha value is -2.07. The van der Waals surface area contributed by atoms with Crippen molar-refractivity contribution < 1.29 is 4.79 Å². The Morgan fingerprint density at radius 2 is 2.00 bits per heavy atom. The minimum atomic E-state index is 0.0254. The Morgan fingerprint density at radius 1 is 1.29 bits per heavy atom. The normalized spacial score (nSPS) is 17.8. The molecule has 4 nitrogen and oxygen atoms in total. The van der Waals surface area contributed by atoms with Crippen LogP contribution in [0.3, 0.4) is 0 Å². The van der Waals surface area contributed by atoms with Crippen molar-refractivity contribution in [3.05, 3.63) is 57.9 Å². The lowest BCUT2D eigenvalue weighted by Gasteiger charge is -2.24. The third-order valence-corrected chi connectivity index (χ3v) is 5.03. The Bertz CT molecular complexity index is 777. The number of amides is 1. The van der Waals surface area contributed by atoms with Gasteiger partial charge in [0.15, 0.2) is 0 Å². The molecule has 0 saturated carbocycles. The molecule has 0 spiro atoms. The molecule has 24 heavy (non-hydrogen) atoms. The average molecular weight is 344 g/mol. The van der Waals surface area contributed by atoms with Crippen molar-refractivity contribution >= 4 is 23.6 Å². The van der Waals surface area contributed by atoms with Gasteiger partial charge in [-0.25, -0.2) is 0 Å². The van der Waals surface area contributed by atoms with Gasteiger partial charge in [-0.3, -0.25) is 9.48 Å². The fraction of sp³-hybridized carbons (Fsp3) is 0.368. The second kappa shape index (κ2) is 6.81. The van der Waals surface area contributed by atoms with Gasteiger partial charge in [-0.2, -0.15) is 5.10 Å². The van der Waals surface area contributed by atoms with Gasteiger partial charge in [0.2, 0.25) is 5.91 Å². The Kier molecular flexibility index (Phi) is 4.76. The van der Waals surface area contributed by atoms with Crippen LogP contribution in [-0.4, -0.2) is 27.1 Å². The third kappa shape index (κ3) is 3.24. The van der Waals surface area contributed by atoms with E-state index in [2.05, 4.69) is 36.3 Å². The van der Waals surface area contributed by atoms with E-state index in [1.54, 1.807) is 23.9 Å². The highest BCUT2D eigenvalue weighted by molar-refractivity contribution is 6.31. The van der Waals surface area contributed by atoms with Gasteiger partial charge in [0.25, 0.3) is 0 Å². The minimum absolute atomic E-state index is 0.0254. The number of rotatable bonds is 3. The molecule has 1 fully saturated rings. The lowest BCUT2D eigenvalue weighted by molar-refractivity contribution is -0.126. The topological polar surface area (TPSA) is 38.1 Å². The molecule has 126 valence electrons. The zero-order chi connectivity index (χ0) is 17.3. The van der Waals surface area contributed by atoms with Gasteiger partial charge in [-0.15, -0.1) is 0 Å². The Morgan fingerprint density at radius 3 is 2.62 bits per heavy atom. The molecule has 1 aliphatic rings. The molecule has 5 heteroatoms. The molecule has 1 atom stereocenters. The van der Waals surface area contributed by atoms with E-state index in [0.717, 1.165) is 30.6 Å². The predicted octanol–water partition coefficient (Wildman–Crippen LogP) is 4.07. The molecule has 1 aromatic heterocycles. The Balaban J connectivity index is 1.78. The molecule has 3 rings (SSSR count). The van der Waals surface area contributed by atoms with Gasteiger partial charge in [-0.05, 0) is 38.3 Å². The monoisotopic (exact) mass is 343 g/mol. The van der Waals surface area contributed by atoms with Gasteiger partial charge in [0, 0.05) is 25.2 Å². The van der Waals surface area contributed by atoms with E-state index in [4.69, 9.17) is 11.6 Å². The maximum atomic E-state index is 12.7. The number of aryl methyl sites for hydroxylation is 3. The van der Waals surface area contributed by atoms with Crippen LogP contribution in [0.4, 0.5) is 0 Å². The molecule has 0 radical (unpaired) electrons. The molecule has 0 bridgehead atoms. The Labute approximate surface area is 147 Å². The number of nitrogens with zero attached hydrogens (tertiary/aromatic N) is 3. The first-order valence-corrected chi connectivity index (χ1v) is 8.59. The predicted molar refractivity (Wildman–Crippen MR) is 96.9 cm³/mol. The van der Waals surface area contributed by atoms with Crippen molar-refractivity contribution in [3.8, 4) is 0 Å². The van der Waals surface area contributed by atoms with Crippen molar-refractivity contribution in [3.63, 3.8) is 0 Å². The average Bonchev–Trinajstić information content (AvgIpc) is 3.13. The number of benzene rings is 1.